The summed E-state index contributed by atoms with van der Waals surface area (Å²) in [5.74, 6) is -1.00. The second-order valence-corrected chi connectivity index (χ2v) is 7.53. The summed E-state index contributed by atoms with van der Waals surface area (Å²) in [6.07, 6.45) is 4.45. The highest BCUT2D eigenvalue weighted by atomic mass is 19.4. The van der Waals surface area contributed by atoms with Crippen LogP contribution < -0.4 is 14.8 Å². The van der Waals surface area contributed by atoms with Crippen LogP contribution >= 0.6 is 0 Å². The molecular formula is C24H33F5N2O2. The number of rotatable bonds is 13. The van der Waals surface area contributed by atoms with E-state index in [0.717, 1.165) is 42.8 Å². The molecule has 1 N–H and O–H groups in total. The van der Waals surface area contributed by atoms with Gasteiger partial charge in [0.2, 0.25) is 0 Å². The number of nitrogens with zero attached hydrogens (tertiary/aromatic N) is 1. The Balaban J connectivity index is 3.43. The van der Waals surface area contributed by atoms with Crippen LogP contribution in [0, 0.1) is 0 Å². The first kappa shape index (κ1) is 28.5. The number of ether oxygens (including phenoxy) is 2. The van der Waals surface area contributed by atoms with E-state index in [-0.39, 0.29) is 5.75 Å². The van der Waals surface area contributed by atoms with Crippen molar-refractivity contribution < 1.29 is 31.4 Å². The van der Waals surface area contributed by atoms with E-state index in [0.29, 0.717) is 12.1 Å². The SMILES string of the molecule is CC/C=C\C=C(/C)C(c1ccc(OC(F)(F)F)cc1OC(F)F)N(C)C/C=C(\C)NCCC. The minimum atomic E-state index is -4.95. The van der Waals surface area contributed by atoms with Crippen molar-refractivity contribution in [1.82, 2.24) is 10.2 Å². The summed E-state index contributed by atoms with van der Waals surface area (Å²) in [7, 11) is 1.81. The fourth-order valence-electron chi connectivity index (χ4n) is 3.19. The van der Waals surface area contributed by atoms with E-state index in [1.54, 1.807) is 7.05 Å². The van der Waals surface area contributed by atoms with Crippen molar-refractivity contribution in [3.05, 3.63) is 59.3 Å². The molecule has 4 nitrogen and oxygen atoms in total. The molecule has 0 amide bonds. The van der Waals surface area contributed by atoms with Gasteiger partial charge in [0.1, 0.15) is 11.5 Å². The number of halogens is 5. The highest BCUT2D eigenvalue weighted by molar-refractivity contribution is 5.45. The predicted molar refractivity (Wildman–Crippen MR) is 120 cm³/mol. The monoisotopic (exact) mass is 476 g/mol. The molecule has 0 bridgehead atoms. The van der Waals surface area contributed by atoms with E-state index in [2.05, 4.69) is 21.7 Å². The molecular weight excluding hydrogens is 443 g/mol. The first-order chi connectivity index (χ1) is 15.5. The van der Waals surface area contributed by atoms with E-state index in [4.69, 9.17) is 0 Å². The van der Waals surface area contributed by atoms with Crippen LogP contribution in [0.4, 0.5) is 22.0 Å². The summed E-state index contributed by atoms with van der Waals surface area (Å²) in [5, 5.41) is 3.27. The molecule has 0 saturated carbocycles. The molecule has 1 rings (SSSR count). The van der Waals surface area contributed by atoms with Crippen LogP contribution in [0.3, 0.4) is 0 Å². The van der Waals surface area contributed by atoms with Crippen molar-refractivity contribution >= 4 is 0 Å². The normalized spacial score (nSPS) is 14.3. The minimum Gasteiger partial charge on any atom is -0.434 e. The Kier molecular flexibility index (Phi) is 12.0. The molecule has 1 unspecified atom stereocenters. The lowest BCUT2D eigenvalue weighted by Crippen LogP contribution is -2.27. The third kappa shape index (κ3) is 10.7. The molecule has 0 spiro atoms. The van der Waals surface area contributed by atoms with Crippen molar-refractivity contribution in [2.75, 3.05) is 20.1 Å². The maximum Gasteiger partial charge on any atom is 0.573 e. The van der Waals surface area contributed by atoms with Gasteiger partial charge in [-0.25, -0.2) is 0 Å². The number of benzene rings is 1. The van der Waals surface area contributed by atoms with Crippen molar-refractivity contribution in [2.45, 2.75) is 59.6 Å². The number of allylic oxidation sites excluding steroid dienone is 4. The van der Waals surface area contributed by atoms with E-state index < -0.39 is 24.8 Å². The van der Waals surface area contributed by atoms with Gasteiger partial charge in [0.25, 0.3) is 0 Å². The van der Waals surface area contributed by atoms with Crippen molar-refractivity contribution in [2.24, 2.45) is 0 Å². The second kappa shape index (κ2) is 13.9. The Labute approximate surface area is 192 Å². The average molecular weight is 477 g/mol. The lowest BCUT2D eigenvalue weighted by atomic mass is 9.96. The van der Waals surface area contributed by atoms with Gasteiger partial charge in [0.05, 0.1) is 6.04 Å². The standard InChI is InChI=1S/C24H33F5N2O2/c1-6-8-9-10-17(3)22(31(5)15-13-18(4)30-14-7-2)20-12-11-19(33-24(27,28)29)16-21(20)32-23(25)26/h8-13,16,22-23,30H,6-7,14-15H2,1-5H3/b9-8-,17-10+,18-13+. The molecule has 1 aromatic carbocycles. The Morgan fingerprint density at radius 2 is 1.88 bits per heavy atom. The molecule has 0 aliphatic heterocycles. The van der Waals surface area contributed by atoms with Gasteiger partial charge in [-0.3, -0.25) is 4.90 Å². The Bertz CT molecular complexity index is 820. The number of likely N-dealkylation sites (N-methyl/N-ethyl adjacent to an activating group) is 1. The quantitative estimate of drug-likeness (QED) is 0.246. The lowest BCUT2D eigenvalue weighted by Gasteiger charge is -2.30. The topological polar surface area (TPSA) is 33.7 Å². The highest BCUT2D eigenvalue weighted by Crippen LogP contribution is 2.38. The van der Waals surface area contributed by atoms with E-state index in [1.165, 1.54) is 6.07 Å². The number of alkyl halides is 5. The van der Waals surface area contributed by atoms with Gasteiger partial charge in [0.15, 0.2) is 0 Å². The predicted octanol–water partition coefficient (Wildman–Crippen LogP) is 6.98. The van der Waals surface area contributed by atoms with E-state index >= 15 is 0 Å². The summed E-state index contributed by atoms with van der Waals surface area (Å²) < 4.78 is 72.6. The van der Waals surface area contributed by atoms with Crippen LogP contribution in [-0.4, -0.2) is 38.0 Å². The van der Waals surface area contributed by atoms with Gasteiger partial charge in [-0.1, -0.05) is 43.7 Å². The van der Waals surface area contributed by atoms with Crippen molar-refractivity contribution in [3.8, 4) is 11.5 Å². The van der Waals surface area contributed by atoms with Gasteiger partial charge in [-0.2, -0.15) is 8.78 Å². The van der Waals surface area contributed by atoms with Gasteiger partial charge < -0.3 is 14.8 Å². The Hall–Kier alpha value is -2.55. The molecule has 0 fully saturated rings. The van der Waals surface area contributed by atoms with Gasteiger partial charge in [-0.05, 0) is 45.9 Å². The summed E-state index contributed by atoms with van der Waals surface area (Å²) in [6.45, 7) is 5.87. The third-order valence-corrected chi connectivity index (χ3v) is 4.67. The maximum atomic E-state index is 13.1. The maximum absolute atomic E-state index is 13.1. The smallest absolute Gasteiger partial charge is 0.434 e. The summed E-state index contributed by atoms with van der Waals surface area (Å²) in [6, 6.07) is 2.73. The summed E-state index contributed by atoms with van der Waals surface area (Å²) >= 11 is 0. The van der Waals surface area contributed by atoms with Crippen molar-refractivity contribution in [1.29, 1.82) is 0 Å². The minimum absolute atomic E-state index is 0.304. The van der Waals surface area contributed by atoms with Crippen LogP contribution in [0.5, 0.6) is 11.5 Å². The number of nitrogens with one attached hydrogen (secondary N) is 1. The first-order valence-electron chi connectivity index (χ1n) is 10.8. The third-order valence-electron chi connectivity index (χ3n) is 4.67. The van der Waals surface area contributed by atoms with E-state index in [9.17, 15) is 22.0 Å². The van der Waals surface area contributed by atoms with Crippen molar-refractivity contribution in [3.63, 3.8) is 0 Å². The number of hydrogen-bond donors (Lipinski definition) is 1. The van der Waals surface area contributed by atoms with Gasteiger partial charge in [-0.15, -0.1) is 13.2 Å². The molecule has 0 heterocycles. The Morgan fingerprint density at radius 3 is 2.45 bits per heavy atom. The zero-order valence-corrected chi connectivity index (χ0v) is 19.7. The molecule has 186 valence electrons. The van der Waals surface area contributed by atoms with Crippen LogP contribution in [0.15, 0.2) is 53.8 Å². The fourth-order valence-corrected chi connectivity index (χ4v) is 3.19. The molecule has 1 atom stereocenters. The molecule has 1 aromatic rings. The fraction of sp³-hybridized carbons (Fsp3) is 0.500. The highest BCUT2D eigenvalue weighted by Gasteiger charge is 2.32. The summed E-state index contributed by atoms with van der Waals surface area (Å²) in [4.78, 5) is 1.90. The first-order valence-corrected chi connectivity index (χ1v) is 10.8. The zero-order chi connectivity index (χ0) is 25.0. The van der Waals surface area contributed by atoms with E-state index in [1.807, 2.05) is 50.0 Å². The van der Waals surface area contributed by atoms with Crippen LogP contribution in [-0.2, 0) is 0 Å². The molecule has 0 aromatic heterocycles. The van der Waals surface area contributed by atoms with Crippen LogP contribution in [0.1, 0.15) is 52.1 Å². The molecule has 33 heavy (non-hydrogen) atoms. The molecule has 0 saturated heterocycles. The lowest BCUT2D eigenvalue weighted by molar-refractivity contribution is -0.274. The molecule has 0 radical (unpaired) electrons. The molecule has 0 aliphatic carbocycles. The van der Waals surface area contributed by atoms with Gasteiger partial charge in [0, 0.05) is 30.4 Å². The molecule has 0 aliphatic rings. The van der Waals surface area contributed by atoms with Crippen LogP contribution in [0.2, 0.25) is 0 Å². The summed E-state index contributed by atoms with van der Waals surface area (Å²) in [5.41, 5.74) is 2.07. The molecule has 9 heteroatoms. The second-order valence-electron chi connectivity index (χ2n) is 7.53. The number of hydrogen-bond acceptors (Lipinski definition) is 4. The van der Waals surface area contributed by atoms with Gasteiger partial charge >= 0.3 is 13.0 Å². The van der Waals surface area contributed by atoms with Crippen LogP contribution in [0.25, 0.3) is 0 Å². The average Bonchev–Trinajstić information content (AvgIpc) is 2.71. The zero-order valence-electron chi connectivity index (χ0n) is 19.7. The largest absolute Gasteiger partial charge is 0.573 e. The Morgan fingerprint density at radius 1 is 1.18 bits per heavy atom.